The highest BCUT2D eigenvalue weighted by molar-refractivity contribution is 7.91. The standard InChI is InChI=1S/C25H25FN6O4S/c1-37(27,36)20-8-6-19(7-9-20)32-22-21(14-29-32)24(34)31(16-28-22)15-25(35)10-12-30(13-11-25)23(33)17-2-4-18(26)5-3-17/h2-9,14,16,27,35H,10-13,15H2,1H3/t37-/m0/s1. The van der Waals surface area contributed by atoms with E-state index in [-0.39, 0.29) is 36.2 Å². The Morgan fingerprint density at radius 3 is 2.41 bits per heavy atom. The number of carbonyl (C=O) groups is 1. The van der Waals surface area contributed by atoms with Gasteiger partial charge in [-0.3, -0.25) is 14.2 Å². The fourth-order valence-electron chi connectivity index (χ4n) is 4.47. The van der Waals surface area contributed by atoms with Gasteiger partial charge in [0.05, 0.1) is 33.8 Å². The average Bonchev–Trinajstić information content (AvgIpc) is 3.31. The normalized spacial score (nSPS) is 17.0. The Morgan fingerprint density at radius 2 is 1.78 bits per heavy atom. The van der Waals surface area contributed by atoms with Crippen LogP contribution in [0.4, 0.5) is 4.39 Å². The molecule has 1 aliphatic heterocycles. The second-order valence-electron chi connectivity index (χ2n) is 9.33. The summed E-state index contributed by atoms with van der Waals surface area (Å²) in [6.07, 6.45) is 4.67. The lowest BCUT2D eigenvalue weighted by Crippen LogP contribution is -2.49. The van der Waals surface area contributed by atoms with Crippen molar-refractivity contribution < 1.29 is 18.5 Å². The van der Waals surface area contributed by atoms with Gasteiger partial charge in [0.1, 0.15) is 17.5 Å². The van der Waals surface area contributed by atoms with E-state index in [1.165, 1.54) is 52.3 Å². The number of halogens is 1. The zero-order chi connectivity index (χ0) is 26.4. The minimum atomic E-state index is -2.84. The van der Waals surface area contributed by atoms with E-state index in [4.69, 9.17) is 4.78 Å². The molecule has 0 radical (unpaired) electrons. The lowest BCUT2D eigenvalue weighted by Gasteiger charge is -2.38. The third-order valence-corrected chi connectivity index (χ3v) is 7.79. The number of nitrogens with zero attached hydrogens (tertiary/aromatic N) is 5. The molecule has 37 heavy (non-hydrogen) atoms. The van der Waals surface area contributed by atoms with Crippen molar-refractivity contribution in [2.75, 3.05) is 19.3 Å². The van der Waals surface area contributed by atoms with E-state index in [1.54, 1.807) is 29.2 Å². The number of likely N-dealkylation sites (tertiary alicyclic amines) is 1. The Hall–Kier alpha value is -3.90. The molecule has 1 atom stereocenters. The number of piperidine rings is 1. The van der Waals surface area contributed by atoms with Crippen LogP contribution in [0.2, 0.25) is 0 Å². The smallest absolute Gasteiger partial charge is 0.264 e. The molecule has 0 aliphatic carbocycles. The number of rotatable bonds is 5. The van der Waals surface area contributed by atoms with Gasteiger partial charge < -0.3 is 10.0 Å². The first-order valence-corrected chi connectivity index (χ1v) is 13.6. The number of amides is 1. The monoisotopic (exact) mass is 524 g/mol. The molecule has 1 amide bonds. The van der Waals surface area contributed by atoms with Crippen molar-refractivity contribution in [3.63, 3.8) is 0 Å². The maximum atomic E-state index is 13.2. The molecule has 4 aromatic rings. The van der Waals surface area contributed by atoms with Crippen LogP contribution in [0, 0.1) is 10.6 Å². The molecule has 1 aliphatic rings. The minimum absolute atomic E-state index is 0.0155. The highest BCUT2D eigenvalue weighted by Crippen LogP contribution is 2.25. The molecule has 2 N–H and O–H groups in total. The highest BCUT2D eigenvalue weighted by Gasteiger charge is 2.35. The predicted octanol–water partition coefficient (Wildman–Crippen LogP) is 2.42. The number of benzene rings is 2. The van der Waals surface area contributed by atoms with Gasteiger partial charge in [-0.25, -0.2) is 23.0 Å². The average molecular weight is 525 g/mol. The van der Waals surface area contributed by atoms with Crippen LogP contribution in [0.15, 0.2) is 70.7 Å². The fraction of sp³-hybridized carbons (Fsp3) is 0.280. The van der Waals surface area contributed by atoms with E-state index in [2.05, 4.69) is 10.1 Å². The van der Waals surface area contributed by atoms with Crippen molar-refractivity contribution in [2.24, 2.45) is 0 Å². The summed E-state index contributed by atoms with van der Waals surface area (Å²) in [7, 11) is -2.84. The largest absolute Gasteiger partial charge is 0.388 e. The van der Waals surface area contributed by atoms with Gasteiger partial charge in [0.25, 0.3) is 11.5 Å². The SMILES string of the molecule is C[S@](=N)(=O)c1ccc(-n2ncc3c(=O)n(CC4(O)CCN(C(=O)c5ccc(F)cc5)CC4)cnc32)cc1. The van der Waals surface area contributed by atoms with Crippen LogP contribution in [0.3, 0.4) is 0 Å². The van der Waals surface area contributed by atoms with Crippen molar-refractivity contribution in [2.45, 2.75) is 29.9 Å². The molecular formula is C25H25FN6O4S. The van der Waals surface area contributed by atoms with Gasteiger partial charge in [-0.1, -0.05) is 0 Å². The van der Waals surface area contributed by atoms with E-state index in [1.807, 2.05) is 0 Å². The first-order valence-electron chi connectivity index (χ1n) is 11.6. The quantitative estimate of drug-likeness (QED) is 0.412. The summed E-state index contributed by atoms with van der Waals surface area (Å²) in [6.45, 7) is 0.614. The van der Waals surface area contributed by atoms with Crippen molar-refractivity contribution >= 4 is 26.7 Å². The van der Waals surface area contributed by atoms with Crippen molar-refractivity contribution in [1.82, 2.24) is 24.2 Å². The minimum Gasteiger partial charge on any atom is -0.388 e. The van der Waals surface area contributed by atoms with Gasteiger partial charge in [0.2, 0.25) is 0 Å². The summed E-state index contributed by atoms with van der Waals surface area (Å²) < 4.78 is 35.6. The molecule has 2 aromatic carbocycles. The first-order chi connectivity index (χ1) is 17.5. The van der Waals surface area contributed by atoms with Crippen LogP contribution in [0.25, 0.3) is 16.7 Å². The summed E-state index contributed by atoms with van der Waals surface area (Å²) in [5.41, 5.74) is -0.234. The number of nitrogens with one attached hydrogen (secondary N) is 1. The molecule has 0 saturated carbocycles. The topological polar surface area (TPSA) is 134 Å². The Kier molecular flexibility index (Phi) is 6.16. The van der Waals surface area contributed by atoms with Gasteiger partial charge in [-0.05, 0) is 61.4 Å². The molecule has 0 bridgehead atoms. The van der Waals surface area contributed by atoms with Crippen molar-refractivity contribution in [1.29, 1.82) is 4.78 Å². The summed E-state index contributed by atoms with van der Waals surface area (Å²) in [6, 6.07) is 11.8. The Balaban J connectivity index is 1.32. The maximum absolute atomic E-state index is 13.2. The fourth-order valence-corrected chi connectivity index (χ4v) is 5.13. The van der Waals surface area contributed by atoms with Crippen LogP contribution in [0.1, 0.15) is 23.2 Å². The van der Waals surface area contributed by atoms with Crippen LogP contribution >= 0.6 is 0 Å². The van der Waals surface area contributed by atoms with Crippen LogP contribution in [0.5, 0.6) is 0 Å². The van der Waals surface area contributed by atoms with Crippen LogP contribution < -0.4 is 5.56 Å². The number of aliphatic hydroxyl groups is 1. The maximum Gasteiger partial charge on any atom is 0.264 e. The molecule has 2 aromatic heterocycles. The highest BCUT2D eigenvalue weighted by atomic mass is 32.2. The number of aromatic nitrogens is 4. The van der Waals surface area contributed by atoms with E-state index in [0.29, 0.717) is 34.9 Å². The number of hydrogen-bond donors (Lipinski definition) is 2. The summed E-state index contributed by atoms with van der Waals surface area (Å²) in [5.74, 6) is -0.646. The van der Waals surface area contributed by atoms with Gasteiger partial charge >= 0.3 is 0 Å². The Bertz CT molecular complexity index is 1640. The second-order valence-corrected chi connectivity index (χ2v) is 11.5. The van der Waals surface area contributed by atoms with Gasteiger partial charge in [0.15, 0.2) is 5.65 Å². The lowest BCUT2D eigenvalue weighted by molar-refractivity contribution is -0.0299. The molecule has 1 saturated heterocycles. The lowest BCUT2D eigenvalue weighted by atomic mass is 9.91. The van der Waals surface area contributed by atoms with Crippen LogP contribution in [-0.4, -0.2) is 64.4 Å². The van der Waals surface area contributed by atoms with Gasteiger partial charge in [-0.15, -0.1) is 0 Å². The van der Waals surface area contributed by atoms with Crippen LogP contribution in [-0.2, 0) is 16.3 Å². The third-order valence-electron chi connectivity index (χ3n) is 6.62. The van der Waals surface area contributed by atoms with Crippen molar-refractivity contribution in [3.05, 3.63) is 82.8 Å². The summed E-state index contributed by atoms with van der Waals surface area (Å²) >= 11 is 0. The van der Waals surface area contributed by atoms with Gasteiger partial charge in [0, 0.05) is 29.8 Å². The molecule has 5 rings (SSSR count). The molecule has 3 heterocycles. The molecule has 1 fully saturated rings. The zero-order valence-electron chi connectivity index (χ0n) is 20.0. The van der Waals surface area contributed by atoms with E-state index >= 15 is 0 Å². The van der Waals surface area contributed by atoms with E-state index < -0.39 is 21.1 Å². The number of carbonyl (C=O) groups excluding carboxylic acids is 1. The van der Waals surface area contributed by atoms with Crippen molar-refractivity contribution in [3.8, 4) is 5.69 Å². The summed E-state index contributed by atoms with van der Waals surface area (Å²) in [4.78, 5) is 32.3. The molecule has 12 heteroatoms. The van der Waals surface area contributed by atoms with E-state index in [0.717, 1.165) is 0 Å². The van der Waals surface area contributed by atoms with Gasteiger partial charge in [-0.2, -0.15) is 5.10 Å². The Morgan fingerprint density at radius 1 is 1.14 bits per heavy atom. The second kappa shape index (κ2) is 9.20. The molecule has 0 unspecified atom stereocenters. The third kappa shape index (κ3) is 4.89. The zero-order valence-corrected chi connectivity index (χ0v) is 20.8. The molecule has 192 valence electrons. The first kappa shape index (κ1) is 24.8. The summed E-state index contributed by atoms with van der Waals surface area (Å²) in [5, 5.41) is 15.7. The van der Waals surface area contributed by atoms with E-state index in [9.17, 15) is 23.3 Å². The Labute approximate surface area is 212 Å². The number of fused-ring (bicyclic) bond motifs is 1. The molecule has 0 spiro atoms. The molecule has 10 nitrogen and oxygen atoms in total. The number of hydrogen-bond acceptors (Lipinski definition) is 7. The predicted molar refractivity (Wildman–Crippen MR) is 135 cm³/mol. The molecular weight excluding hydrogens is 499 g/mol.